The molecule has 0 saturated heterocycles. The predicted octanol–water partition coefficient (Wildman–Crippen LogP) is 5.01. The molecule has 0 aliphatic carbocycles. The molecule has 0 unspecified atom stereocenters. The molecule has 0 spiro atoms. The summed E-state index contributed by atoms with van der Waals surface area (Å²) in [6, 6.07) is 2.51. The number of furan rings is 1. The number of aromatic nitrogens is 2. The number of hydrogen-bond acceptors (Lipinski definition) is 4. The molecule has 0 fully saturated rings. The minimum atomic E-state index is -4.69. The number of halogens is 4. The van der Waals surface area contributed by atoms with Crippen LogP contribution in [0, 0.1) is 0 Å². The molecule has 1 amide bonds. The lowest BCUT2D eigenvalue weighted by Gasteiger charge is -2.15. The fourth-order valence-electron chi connectivity index (χ4n) is 3.69. The molecule has 0 atom stereocenters. The molecule has 0 aromatic carbocycles. The molecule has 3 aromatic rings. The highest BCUT2D eigenvalue weighted by Crippen LogP contribution is 2.37. The molecule has 0 N–H and O–H groups in total. The predicted molar refractivity (Wildman–Crippen MR) is 108 cm³/mol. The van der Waals surface area contributed by atoms with Crippen LogP contribution in [-0.2, 0) is 6.18 Å². The summed E-state index contributed by atoms with van der Waals surface area (Å²) < 4.78 is 47.4. The zero-order valence-electron chi connectivity index (χ0n) is 15.9. The maximum atomic E-state index is 13.8. The smallest absolute Gasteiger partial charge is 0.420 e. The summed E-state index contributed by atoms with van der Waals surface area (Å²) in [6.45, 7) is 0.611. The fraction of sp³-hybridized carbons (Fsp3) is 0.190. The number of rotatable bonds is 3. The van der Waals surface area contributed by atoms with E-state index in [1.807, 2.05) is 12.2 Å². The van der Waals surface area contributed by atoms with Crippen molar-refractivity contribution in [1.82, 2.24) is 14.3 Å². The van der Waals surface area contributed by atoms with Gasteiger partial charge >= 0.3 is 6.18 Å². The maximum Gasteiger partial charge on any atom is 0.420 e. The van der Waals surface area contributed by atoms with Crippen LogP contribution in [0.15, 0.2) is 64.2 Å². The second-order valence-corrected chi connectivity index (χ2v) is 7.53. The third-order valence-electron chi connectivity index (χ3n) is 5.25. The molecule has 5 rings (SSSR count). The van der Waals surface area contributed by atoms with Gasteiger partial charge in [-0.2, -0.15) is 13.2 Å². The number of alkyl halides is 3. The van der Waals surface area contributed by atoms with Gasteiger partial charge in [0, 0.05) is 48.7 Å². The number of carbonyl (C=O) groups is 1. The summed E-state index contributed by atoms with van der Waals surface area (Å²) in [6.07, 6.45) is 5.60. The second-order valence-electron chi connectivity index (χ2n) is 7.18. The highest BCUT2D eigenvalue weighted by atomic mass is 35.5. The Balaban J connectivity index is 1.54. The second kappa shape index (κ2) is 7.12. The summed E-state index contributed by atoms with van der Waals surface area (Å²) in [5, 5.41) is -0.177. The molecule has 0 radical (unpaired) electrons. The lowest BCUT2D eigenvalue weighted by molar-refractivity contribution is -0.136. The molecule has 5 heterocycles. The Morgan fingerprint density at radius 2 is 2.10 bits per heavy atom. The van der Waals surface area contributed by atoms with E-state index in [0.29, 0.717) is 25.1 Å². The van der Waals surface area contributed by atoms with Gasteiger partial charge in [0.1, 0.15) is 5.15 Å². The molecule has 0 bridgehead atoms. The first-order valence-corrected chi connectivity index (χ1v) is 9.72. The Bertz CT molecular complexity index is 1290. The number of pyridine rings is 1. The van der Waals surface area contributed by atoms with Crippen LogP contribution in [0.2, 0.25) is 5.15 Å². The van der Waals surface area contributed by atoms with Crippen molar-refractivity contribution in [1.29, 1.82) is 0 Å². The standard InChI is InChI=1S/C21H14ClF3N4O2/c22-18-17(20(30)28-6-3-12(9-28)16-2-1-5-26-16)27-19-15(21(23,24)25)8-14(10-29(18)19)13-4-7-31-11-13/h1,3-5,7-8,10-11H,2,6,9H2. The van der Waals surface area contributed by atoms with Crippen molar-refractivity contribution in [2.45, 2.75) is 12.6 Å². The van der Waals surface area contributed by atoms with Crippen molar-refractivity contribution in [3.8, 4) is 11.1 Å². The zero-order chi connectivity index (χ0) is 21.8. The van der Waals surface area contributed by atoms with E-state index in [9.17, 15) is 18.0 Å². The molecule has 10 heteroatoms. The van der Waals surface area contributed by atoms with Crippen LogP contribution in [-0.4, -0.2) is 39.0 Å². The van der Waals surface area contributed by atoms with Crippen LogP contribution in [0.3, 0.4) is 0 Å². The number of hydrogen-bond donors (Lipinski definition) is 0. The third kappa shape index (κ3) is 3.34. The number of allylic oxidation sites excluding steroid dienone is 1. The molecule has 31 heavy (non-hydrogen) atoms. The van der Waals surface area contributed by atoms with Crippen molar-refractivity contribution in [3.05, 3.63) is 71.2 Å². The Kier molecular flexibility index (Phi) is 4.51. The van der Waals surface area contributed by atoms with E-state index < -0.39 is 23.3 Å². The number of imidazole rings is 1. The summed E-state index contributed by atoms with van der Waals surface area (Å²) in [7, 11) is 0. The first-order valence-electron chi connectivity index (χ1n) is 9.34. The van der Waals surface area contributed by atoms with Gasteiger partial charge in [0.25, 0.3) is 5.91 Å². The molecule has 6 nitrogen and oxygen atoms in total. The molecule has 0 saturated carbocycles. The average Bonchev–Trinajstić information content (AvgIpc) is 3.53. The van der Waals surface area contributed by atoms with E-state index in [1.54, 1.807) is 6.20 Å². The lowest BCUT2D eigenvalue weighted by atomic mass is 10.1. The first-order chi connectivity index (χ1) is 14.8. The molecule has 158 valence electrons. The van der Waals surface area contributed by atoms with Crippen LogP contribution >= 0.6 is 11.6 Å². The third-order valence-corrected chi connectivity index (χ3v) is 5.61. The minimum Gasteiger partial charge on any atom is -0.472 e. The van der Waals surface area contributed by atoms with E-state index in [0.717, 1.165) is 21.8 Å². The maximum absolute atomic E-state index is 13.8. The number of fused-ring (bicyclic) bond motifs is 1. The average molecular weight is 447 g/mol. The van der Waals surface area contributed by atoms with Crippen molar-refractivity contribution in [2.75, 3.05) is 13.1 Å². The van der Waals surface area contributed by atoms with Crippen molar-refractivity contribution >= 4 is 28.9 Å². The van der Waals surface area contributed by atoms with Gasteiger partial charge in [-0.3, -0.25) is 14.2 Å². The number of amides is 1. The van der Waals surface area contributed by atoms with Crippen LogP contribution in [0.5, 0.6) is 0 Å². The van der Waals surface area contributed by atoms with Crippen molar-refractivity contribution in [3.63, 3.8) is 0 Å². The quantitative estimate of drug-likeness (QED) is 0.568. The molecular formula is C21H14ClF3N4O2. The highest BCUT2D eigenvalue weighted by Gasteiger charge is 2.37. The van der Waals surface area contributed by atoms with E-state index in [1.165, 1.54) is 29.7 Å². The van der Waals surface area contributed by atoms with Gasteiger partial charge in [-0.05, 0) is 17.7 Å². The van der Waals surface area contributed by atoms with Crippen molar-refractivity contribution in [2.24, 2.45) is 4.99 Å². The van der Waals surface area contributed by atoms with Gasteiger partial charge in [0.2, 0.25) is 0 Å². The Hall–Kier alpha value is -3.33. The summed E-state index contributed by atoms with van der Waals surface area (Å²) in [5.41, 5.74) is 0.839. The Morgan fingerprint density at radius 1 is 1.26 bits per heavy atom. The summed E-state index contributed by atoms with van der Waals surface area (Å²) in [5.74, 6) is -0.538. The molecule has 2 aliphatic rings. The summed E-state index contributed by atoms with van der Waals surface area (Å²) in [4.78, 5) is 22.8. The zero-order valence-corrected chi connectivity index (χ0v) is 16.6. The van der Waals surface area contributed by atoms with Crippen LogP contribution in [0.25, 0.3) is 16.8 Å². The lowest BCUT2D eigenvalue weighted by Crippen LogP contribution is -2.30. The SMILES string of the molecule is O=C(c1nc2c(C(F)(F)F)cc(-c3ccoc3)cn2c1Cl)N1CC=C(C2=NC=CC2)C1. The molecular weight excluding hydrogens is 433 g/mol. The summed E-state index contributed by atoms with van der Waals surface area (Å²) >= 11 is 6.36. The highest BCUT2D eigenvalue weighted by molar-refractivity contribution is 6.33. The van der Waals surface area contributed by atoms with Gasteiger partial charge in [-0.15, -0.1) is 0 Å². The van der Waals surface area contributed by atoms with Gasteiger partial charge in [-0.1, -0.05) is 23.8 Å². The monoisotopic (exact) mass is 446 g/mol. The van der Waals surface area contributed by atoms with E-state index >= 15 is 0 Å². The number of carbonyl (C=O) groups excluding carboxylic acids is 1. The van der Waals surface area contributed by atoms with E-state index in [4.69, 9.17) is 16.0 Å². The van der Waals surface area contributed by atoms with Crippen LogP contribution < -0.4 is 0 Å². The topological polar surface area (TPSA) is 63.1 Å². The minimum absolute atomic E-state index is 0.177. The van der Waals surface area contributed by atoms with E-state index in [-0.39, 0.29) is 16.4 Å². The van der Waals surface area contributed by atoms with Gasteiger partial charge in [0.15, 0.2) is 11.3 Å². The van der Waals surface area contributed by atoms with Gasteiger partial charge < -0.3 is 9.32 Å². The van der Waals surface area contributed by atoms with Gasteiger partial charge in [-0.25, -0.2) is 4.98 Å². The largest absolute Gasteiger partial charge is 0.472 e. The molecule has 2 aliphatic heterocycles. The van der Waals surface area contributed by atoms with Crippen LogP contribution in [0.4, 0.5) is 13.2 Å². The Morgan fingerprint density at radius 3 is 2.77 bits per heavy atom. The number of aliphatic imine (C=N–C) groups is 1. The first kappa shape index (κ1) is 19.6. The van der Waals surface area contributed by atoms with Crippen LogP contribution in [0.1, 0.15) is 22.5 Å². The van der Waals surface area contributed by atoms with Crippen molar-refractivity contribution < 1.29 is 22.4 Å². The van der Waals surface area contributed by atoms with Gasteiger partial charge in [0.05, 0.1) is 18.1 Å². The Labute approximate surface area is 178 Å². The number of nitrogens with zero attached hydrogens (tertiary/aromatic N) is 4. The van der Waals surface area contributed by atoms with E-state index in [2.05, 4.69) is 9.98 Å². The molecule has 3 aromatic heterocycles. The normalized spacial score (nSPS) is 16.3. The fourth-order valence-corrected chi connectivity index (χ4v) is 3.94.